The molecule has 2 aromatic heterocycles. The van der Waals surface area contributed by atoms with Gasteiger partial charge in [0, 0.05) is 23.7 Å². The maximum atomic E-state index is 10.4. The largest absolute Gasteiger partial charge is 0.367 e. The first-order valence-corrected chi connectivity index (χ1v) is 3.67. The Bertz CT molecular complexity index is 373. The molecular formula is C9H8N2O. The maximum absolute atomic E-state index is 10.4. The van der Waals surface area contributed by atoms with Crippen molar-refractivity contribution in [3.63, 3.8) is 0 Å². The Morgan fingerprint density at radius 3 is 2.75 bits per heavy atom. The van der Waals surface area contributed by atoms with E-state index in [0.29, 0.717) is 5.69 Å². The van der Waals surface area contributed by atoms with E-state index in [1.165, 1.54) is 0 Å². The first-order chi connectivity index (χ1) is 5.90. The van der Waals surface area contributed by atoms with Crippen LogP contribution in [0.15, 0.2) is 30.6 Å². The van der Waals surface area contributed by atoms with Crippen molar-refractivity contribution in [2.75, 3.05) is 0 Å². The third-order valence-electron chi connectivity index (χ3n) is 1.74. The van der Waals surface area contributed by atoms with E-state index >= 15 is 0 Å². The number of H-pyrrole nitrogens is 2. The van der Waals surface area contributed by atoms with Crippen LogP contribution in [-0.4, -0.2) is 16.3 Å². The van der Waals surface area contributed by atoms with Crippen molar-refractivity contribution >= 4 is 6.29 Å². The average molecular weight is 160 g/mol. The van der Waals surface area contributed by atoms with Gasteiger partial charge in [0.2, 0.25) is 0 Å². The molecule has 0 aliphatic carbocycles. The monoisotopic (exact) mass is 160 g/mol. The Labute approximate surface area is 69.4 Å². The minimum Gasteiger partial charge on any atom is -0.367 e. The minimum atomic E-state index is 0.603. The predicted molar refractivity (Wildman–Crippen MR) is 46.0 cm³/mol. The van der Waals surface area contributed by atoms with Crippen LogP contribution in [0.4, 0.5) is 0 Å². The summed E-state index contributed by atoms with van der Waals surface area (Å²) in [5.41, 5.74) is 2.62. The van der Waals surface area contributed by atoms with Crippen molar-refractivity contribution in [1.29, 1.82) is 0 Å². The highest BCUT2D eigenvalue weighted by atomic mass is 16.1. The highest BCUT2D eigenvalue weighted by molar-refractivity contribution is 5.75. The molecule has 0 atom stereocenters. The van der Waals surface area contributed by atoms with Gasteiger partial charge < -0.3 is 9.97 Å². The van der Waals surface area contributed by atoms with Gasteiger partial charge in [0.1, 0.15) is 0 Å². The molecule has 2 rings (SSSR count). The first-order valence-electron chi connectivity index (χ1n) is 3.67. The van der Waals surface area contributed by atoms with Gasteiger partial charge in [-0.05, 0) is 18.2 Å². The van der Waals surface area contributed by atoms with E-state index in [0.717, 1.165) is 17.5 Å². The number of carbonyl (C=O) groups is 1. The van der Waals surface area contributed by atoms with E-state index in [-0.39, 0.29) is 0 Å². The molecule has 2 N–H and O–H groups in total. The van der Waals surface area contributed by atoms with E-state index in [4.69, 9.17) is 0 Å². The Balaban J connectivity index is 2.41. The summed E-state index contributed by atoms with van der Waals surface area (Å²) in [4.78, 5) is 16.3. The zero-order valence-corrected chi connectivity index (χ0v) is 6.37. The van der Waals surface area contributed by atoms with E-state index < -0.39 is 0 Å². The number of hydrogen-bond acceptors (Lipinski definition) is 1. The number of aromatic nitrogens is 2. The second-order valence-corrected chi connectivity index (χ2v) is 2.54. The predicted octanol–water partition coefficient (Wildman–Crippen LogP) is 1.82. The van der Waals surface area contributed by atoms with Crippen molar-refractivity contribution in [2.45, 2.75) is 0 Å². The summed E-state index contributed by atoms with van der Waals surface area (Å²) in [6.07, 6.45) is 4.52. The summed E-state index contributed by atoms with van der Waals surface area (Å²) >= 11 is 0. The number of rotatable bonds is 2. The molecule has 0 radical (unpaired) electrons. The van der Waals surface area contributed by atoms with E-state index in [1.807, 2.05) is 24.5 Å². The average Bonchev–Trinajstić information content (AvgIpc) is 2.75. The normalized spacial score (nSPS) is 10.0. The highest BCUT2D eigenvalue weighted by Crippen LogP contribution is 2.16. The molecule has 0 saturated carbocycles. The third-order valence-corrected chi connectivity index (χ3v) is 1.74. The Hall–Kier alpha value is -1.77. The van der Waals surface area contributed by atoms with Crippen LogP contribution in [0.2, 0.25) is 0 Å². The first kappa shape index (κ1) is 6.91. The molecule has 2 aromatic rings. The fourth-order valence-electron chi connectivity index (χ4n) is 1.14. The van der Waals surface area contributed by atoms with Crippen LogP contribution >= 0.6 is 0 Å². The molecule has 60 valence electrons. The Kier molecular flexibility index (Phi) is 1.55. The molecule has 2 heterocycles. The summed E-state index contributed by atoms with van der Waals surface area (Å²) in [5.74, 6) is 0. The van der Waals surface area contributed by atoms with Crippen molar-refractivity contribution in [3.8, 4) is 11.3 Å². The second-order valence-electron chi connectivity index (χ2n) is 2.54. The fourth-order valence-corrected chi connectivity index (χ4v) is 1.14. The summed E-state index contributed by atoms with van der Waals surface area (Å²) in [7, 11) is 0. The molecule has 0 aliphatic heterocycles. The van der Waals surface area contributed by atoms with Crippen LogP contribution in [0.1, 0.15) is 10.5 Å². The van der Waals surface area contributed by atoms with Gasteiger partial charge in [-0.15, -0.1) is 0 Å². The van der Waals surface area contributed by atoms with Crippen LogP contribution in [-0.2, 0) is 0 Å². The van der Waals surface area contributed by atoms with Gasteiger partial charge in [-0.3, -0.25) is 4.79 Å². The molecule has 0 saturated heterocycles. The minimum absolute atomic E-state index is 0.603. The van der Waals surface area contributed by atoms with Gasteiger partial charge in [0.25, 0.3) is 0 Å². The van der Waals surface area contributed by atoms with Crippen LogP contribution in [0, 0.1) is 0 Å². The maximum Gasteiger partial charge on any atom is 0.166 e. The topological polar surface area (TPSA) is 48.6 Å². The summed E-state index contributed by atoms with van der Waals surface area (Å²) in [5, 5.41) is 0. The lowest BCUT2D eigenvalue weighted by Crippen LogP contribution is -1.77. The van der Waals surface area contributed by atoms with Crippen LogP contribution in [0.5, 0.6) is 0 Å². The van der Waals surface area contributed by atoms with Crippen molar-refractivity contribution in [1.82, 2.24) is 9.97 Å². The number of aromatic amines is 2. The molecule has 3 heteroatoms. The van der Waals surface area contributed by atoms with Crippen molar-refractivity contribution in [3.05, 3.63) is 36.3 Å². The zero-order chi connectivity index (χ0) is 8.39. The molecule has 0 aliphatic rings. The van der Waals surface area contributed by atoms with Gasteiger partial charge in [-0.1, -0.05) is 0 Å². The molecule has 0 fully saturated rings. The van der Waals surface area contributed by atoms with Crippen molar-refractivity contribution in [2.24, 2.45) is 0 Å². The Morgan fingerprint density at radius 1 is 1.25 bits per heavy atom. The van der Waals surface area contributed by atoms with Crippen LogP contribution in [0.25, 0.3) is 11.3 Å². The van der Waals surface area contributed by atoms with E-state index in [1.54, 1.807) is 6.07 Å². The summed E-state index contributed by atoms with van der Waals surface area (Å²) < 4.78 is 0. The second kappa shape index (κ2) is 2.70. The number of hydrogen-bond donors (Lipinski definition) is 2. The summed E-state index contributed by atoms with van der Waals surface area (Å²) in [6, 6.07) is 5.59. The number of nitrogens with one attached hydrogen (secondary N) is 2. The molecule has 0 spiro atoms. The third kappa shape index (κ3) is 1.05. The van der Waals surface area contributed by atoms with Gasteiger partial charge in [0.15, 0.2) is 6.29 Å². The number of carbonyl (C=O) groups excluding carboxylic acids is 1. The van der Waals surface area contributed by atoms with Crippen molar-refractivity contribution < 1.29 is 4.79 Å². The molecule has 0 unspecified atom stereocenters. The number of aldehydes is 1. The molecule has 0 bridgehead atoms. The zero-order valence-electron chi connectivity index (χ0n) is 6.37. The summed E-state index contributed by atoms with van der Waals surface area (Å²) in [6.45, 7) is 0. The van der Waals surface area contributed by atoms with Gasteiger partial charge >= 0.3 is 0 Å². The fraction of sp³-hybridized carbons (Fsp3) is 0. The lowest BCUT2D eigenvalue weighted by atomic mass is 10.2. The SMILES string of the molecule is O=Cc1ccc(-c2cc[nH]c2)[nH]1. The lowest BCUT2D eigenvalue weighted by Gasteiger charge is -1.88. The van der Waals surface area contributed by atoms with Gasteiger partial charge in [-0.25, -0.2) is 0 Å². The van der Waals surface area contributed by atoms with Crippen LogP contribution < -0.4 is 0 Å². The standard InChI is InChI=1S/C9H8N2O/c12-6-8-1-2-9(11-8)7-3-4-10-5-7/h1-6,10-11H. The van der Waals surface area contributed by atoms with Crippen LogP contribution in [0.3, 0.4) is 0 Å². The van der Waals surface area contributed by atoms with E-state index in [2.05, 4.69) is 9.97 Å². The highest BCUT2D eigenvalue weighted by Gasteiger charge is 1.99. The van der Waals surface area contributed by atoms with Gasteiger partial charge in [-0.2, -0.15) is 0 Å². The van der Waals surface area contributed by atoms with E-state index in [9.17, 15) is 4.79 Å². The smallest absolute Gasteiger partial charge is 0.166 e. The molecule has 0 amide bonds. The lowest BCUT2D eigenvalue weighted by molar-refractivity contribution is 0.111. The Morgan fingerprint density at radius 2 is 2.17 bits per heavy atom. The molecule has 3 nitrogen and oxygen atoms in total. The van der Waals surface area contributed by atoms with Gasteiger partial charge in [0.05, 0.1) is 5.69 Å². The quantitative estimate of drug-likeness (QED) is 0.647. The molecular weight excluding hydrogens is 152 g/mol. The molecule has 12 heavy (non-hydrogen) atoms. The molecule has 0 aromatic carbocycles.